The molecular formula is C32H31N5O2. The van der Waals surface area contributed by atoms with Crippen LogP contribution in [0.15, 0.2) is 91.3 Å². The largest absolute Gasteiger partial charge is 0.497 e. The number of aryl methyl sites for hydroxylation is 1. The molecule has 0 radical (unpaired) electrons. The van der Waals surface area contributed by atoms with Gasteiger partial charge in [0, 0.05) is 31.5 Å². The number of hydrogen-bond acceptors (Lipinski definition) is 6. The number of nitrogens with one attached hydrogen (secondary N) is 1. The van der Waals surface area contributed by atoms with Crippen molar-refractivity contribution >= 4 is 28.1 Å². The predicted octanol–water partition coefficient (Wildman–Crippen LogP) is 6.61. The lowest BCUT2D eigenvalue weighted by Gasteiger charge is -2.27. The second-order valence-electron chi connectivity index (χ2n) is 9.43. The minimum Gasteiger partial charge on any atom is -0.497 e. The number of ether oxygens (including phenoxy) is 2. The molecule has 0 aliphatic rings. The zero-order valence-electron chi connectivity index (χ0n) is 22.4. The number of rotatable bonds is 10. The number of anilines is 3. The van der Waals surface area contributed by atoms with Gasteiger partial charge in [0.25, 0.3) is 0 Å². The van der Waals surface area contributed by atoms with Gasteiger partial charge in [0.2, 0.25) is 0 Å². The lowest BCUT2D eigenvalue weighted by Crippen LogP contribution is -2.22. The average molecular weight is 518 g/mol. The van der Waals surface area contributed by atoms with Crippen LogP contribution in [0.1, 0.15) is 16.7 Å². The van der Waals surface area contributed by atoms with Crippen molar-refractivity contribution < 1.29 is 9.47 Å². The Balaban J connectivity index is 1.54. The van der Waals surface area contributed by atoms with E-state index in [1.54, 1.807) is 14.2 Å². The van der Waals surface area contributed by atoms with Gasteiger partial charge in [0.15, 0.2) is 0 Å². The van der Waals surface area contributed by atoms with E-state index in [1.807, 2.05) is 66.5 Å². The van der Waals surface area contributed by atoms with Crippen molar-refractivity contribution in [1.82, 2.24) is 9.55 Å². The Kier molecular flexibility index (Phi) is 7.65. The first-order valence-corrected chi connectivity index (χ1v) is 12.7. The summed E-state index contributed by atoms with van der Waals surface area (Å²) in [6, 6.07) is 30.8. The standard InChI is InChI=1S/C32H31N5O2/c1-36-22-34-32-30(36)18-27(35-26-10-4-23(5-11-26)16-17-33)19-31(32)37(20-24-6-12-28(38-2)13-7-24)21-25-8-14-29(39-3)15-9-25/h4-15,18-19,22,35H,16,20-21H2,1-3H3. The van der Waals surface area contributed by atoms with E-state index < -0.39 is 0 Å². The molecule has 196 valence electrons. The lowest BCUT2D eigenvalue weighted by atomic mass is 10.1. The van der Waals surface area contributed by atoms with Crippen LogP contribution in [0.25, 0.3) is 11.0 Å². The number of hydrogen-bond donors (Lipinski definition) is 1. The van der Waals surface area contributed by atoms with E-state index in [-0.39, 0.29) is 0 Å². The Labute approximate surface area is 228 Å². The van der Waals surface area contributed by atoms with Crippen LogP contribution in [-0.4, -0.2) is 23.8 Å². The van der Waals surface area contributed by atoms with Crippen LogP contribution in [0.3, 0.4) is 0 Å². The summed E-state index contributed by atoms with van der Waals surface area (Å²) < 4.78 is 12.8. The summed E-state index contributed by atoms with van der Waals surface area (Å²) in [7, 11) is 5.37. The molecule has 0 fully saturated rings. The smallest absolute Gasteiger partial charge is 0.118 e. The van der Waals surface area contributed by atoms with Gasteiger partial charge in [-0.1, -0.05) is 36.4 Å². The summed E-state index contributed by atoms with van der Waals surface area (Å²) in [5, 5.41) is 12.5. The predicted molar refractivity (Wildman–Crippen MR) is 156 cm³/mol. The number of methoxy groups -OCH3 is 2. The number of imidazole rings is 1. The highest BCUT2D eigenvalue weighted by Crippen LogP contribution is 2.34. The number of nitriles is 1. The summed E-state index contributed by atoms with van der Waals surface area (Å²) in [6.45, 7) is 1.38. The highest BCUT2D eigenvalue weighted by molar-refractivity contribution is 5.93. The molecule has 7 heteroatoms. The molecule has 0 unspecified atom stereocenters. The van der Waals surface area contributed by atoms with Crippen molar-refractivity contribution in [2.24, 2.45) is 7.05 Å². The van der Waals surface area contributed by atoms with Gasteiger partial charge in [-0.3, -0.25) is 0 Å². The van der Waals surface area contributed by atoms with Crippen molar-refractivity contribution in [2.45, 2.75) is 19.5 Å². The van der Waals surface area contributed by atoms with E-state index in [4.69, 9.17) is 19.7 Å². The van der Waals surface area contributed by atoms with E-state index >= 15 is 0 Å². The third-order valence-corrected chi connectivity index (χ3v) is 6.74. The van der Waals surface area contributed by atoms with Crippen molar-refractivity contribution in [2.75, 3.05) is 24.4 Å². The third-order valence-electron chi connectivity index (χ3n) is 6.74. The fourth-order valence-corrected chi connectivity index (χ4v) is 4.62. The zero-order valence-corrected chi connectivity index (χ0v) is 22.4. The fraction of sp³-hybridized carbons (Fsp3) is 0.188. The minimum absolute atomic E-state index is 0.400. The molecule has 5 rings (SSSR count). The summed E-state index contributed by atoms with van der Waals surface area (Å²) in [4.78, 5) is 7.13. The minimum atomic E-state index is 0.400. The Hall–Kier alpha value is -4.96. The van der Waals surface area contributed by atoms with Crippen LogP contribution >= 0.6 is 0 Å². The maximum absolute atomic E-state index is 8.99. The van der Waals surface area contributed by atoms with Crippen molar-refractivity contribution in [1.29, 1.82) is 5.26 Å². The number of aromatic nitrogens is 2. The lowest BCUT2D eigenvalue weighted by molar-refractivity contribution is 0.414. The average Bonchev–Trinajstić information content (AvgIpc) is 3.34. The first-order chi connectivity index (χ1) is 19.1. The molecule has 4 aromatic carbocycles. The second kappa shape index (κ2) is 11.6. The van der Waals surface area contributed by atoms with Crippen LogP contribution in [0.4, 0.5) is 17.1 Å². The molecule has 1 heterocycles. The summed E-state index contributed by atoms with van der Waals surface area (Å²) >= 11 is 0. The molecule has 39 heavy (non-hydrogen) atoms. The van der Waals surface area contributed by atoms with Crippen molar-refractivity contribution in [3.63, 3.8) is 0 Å². The monoisotopic (exact) mass is 517 g/mol. The van der Waals surface area contributed by atoms with E-state index in [0.29, 0.717) is 19.5 Å². The van der Waals surface area contributed by atoms with E-state index in [1.165, 1.54) is 11.1 Å². The molecule has 1 aromatic heterocycles. The first kappa shape index (κ1) is 25.7. The van der Waals surface area contributed by atoms with Gasteiger partial charge < -0.3 is 24.3 Å². The quantitative estimate of drug-likeness (QED) is 0.225. The fourth-order valence-electron chi connectivity index (χ4n) is 4.62. The highest BCUT2D eigenvalue weighted by atomic mass is 16.5. The molecule has 5 aromatic rings. The van der Waals surface area contributed by atoms with Crippen molar-refractivity contribution in [3.8, 4) is 17.6 Å². The zero-order chi connectivity index (χ0) is 27.2. The highest BCUT2D eigenvalue weighted by Gasteiger charge is 2.17. The maximum Gasteiger partial charge on any atom is 0.118 e. The third kappa shape index (κ3) is 5.97. The molecule has 0 saturated carbocycles. The van der Waals surface area contributed by atoms with E-state index in [9.17, 15) is 0 Å². The topological polar surface area (TPSA) is 75.3 Å². The maximum atomic E-state index is 8.99. The van der Waals surface area contributed by atoms with Gasteiger partial charge in [-0.15, -0.1) is 0 Å². The normalized spacial score (nSPS) is 10.7. The van der Waals surface area contributed by atoms with Gasteiger partial charge in [0.1, 0.15) is 17.0 Å². The Bertz CT molecular complexity index is 1530. The molecular weight excluding hydrogens is 486 g/mol. The SMILES string of the molecule is COc1ccc(CN(Cc2ccc(OC)cc2)c2cc(Nc3ccc(CC#N)cc3)cc3c2ncn3C)cc1. The Morgan fingerprint density at radius 3 is 1.90 bits per heavy atom. The van der Waals surface area contributed by atoms with Crippen molar-refractivity contribution in [3.05, 3.63) is 108 Å². The molecule has 0 saturated heterocycles. The van der Waals surface area contributed by atoms with Crippen LogP contribution in [0, 0.1) is 11.3 Å². The molecule has 0 aliphatic heterocycles. The molecule has 0 bridgehead atoms. The van der Waals surface area contributed by atoms with E-state index in [0.717, 1.165) is 45.2 Å². The molecule has 1 N–H and O–H groups in total. The molecule has 0 atom stereocenters. The molecule has 7 nitrogen and oxygen atoms in total. The summed E-state index contributed by atoms with van der Waals surface area (Å²) in [5.74, 6) is 1.67. The van der Waals surface area contributed by atoms with Crippen LogP contribution in [0.2, 0.25) is 0 Å². The summed E-state index contributed by atoms with van der Waals surface area (Å²) in [6.07, 6.45) is 2.25. The van der Waals surface area contributed by atoms with Crippen LogP contribution < -0.4 is 19.7 Å². The molecule has 0 spiro atoms. The summed E-state index contributed by atoms with van der Waals surface area (Å²) in [5.41, 5.74) is 8.25. The van der Waals surface area contributed by atoms with Gasteiger partial charge in [0.05, 0.1) is 44.2 Å². The van der Waals surface area contributed by atoms with Gasteiger partial charge in [-0.05, 0) is 65.2 Å². The second-order valence-corrected chi connectivity index (χ2v) is 9.43. The number of fused-ring (bicyclic) bond motifs is 1. The Morgan fingerprint density at radius 2 is 1.36 bits per heavy atom. The molecule has 0 amide bonds. The van der Waals surface area contributed by atoms with E-state index in [2.05, 4.69) is 52.7 Å². The van der Waals surface area contributed by atoms with Gasteiger partial charge in [-0.2, -0.15) is 5.26 Å². The first-order valence-electron chi connectivity index (χ1n) is 12.7. The van der Waals surface area contributed by atoms with Gasteiger partial charge >= 0.3 is 0 Å². The number of benzene rings is 4. The van der Waals surface area contributed by atoms with Crippen LogP contribution in [0.5, 0.6) is 11.5 Å². The van der Waals surface area contributed by atoms with Gasteiger partial charge in [-0.25, -0.2) is 4.98 Å². The number of nitrogens with zero attached hydrogens (tertiary/aromatic N) is 4. The van der Waals surface area contributed by atoms with Crippen LogP contribution in [-0.2, 0) is 26.6 Å². The molecule has 0 aliphatic carbocycles. The Morgan fingerprint density at radius 1 is 0.795 bits per heavy atom.